The summed E-state index contributed by atoms with van der Waals surface area (Å²) in [6.45, 7) is 13.1. The Morgan fingerprint density at radius 2 is 2.00 bits per heavy atom. The molecule has 0 saturated heterocycles. The van der Waals surface area contributed by atoms with E-state index in [1.165, 1.54) is 12.0 Å². The Morgan fingerprint density at radius 3 is 2.61 bits per heavy atom. The Morgan fingerprint density at radius 1 is 1.35 bits per heavy atom. The highest BCUT2D eigenvalue weighted by atomic mass is 16.5. The van der Waals surface area contributed by atoms with E-state index in [9.17, 15) is 4.79 Å². The molecule has 0 spiro atoms. The summed E-state index contributed by atoms with van der Waals surface area (Å²) in [5.41, 5.74) is 3.38. The second-order valence-corrected chi connectivity index (χ2v) is 7.35. The third-order valence-electron chi connectivity index (χ3n) is 4.77. The van der Waals surface area contributed by atoms with Crippen molar-refractivity contribution in [2.75, 3.05) is 0 Å². The molecule has 2 heteroatoms. The van der Waals surface area contributed by atoms with Crippen LogP contribution in [-0.2, 0) is 4.74 Å². The van der Waals surface area contributed by atoms with Gasteiger partial charge in [0.15, 0.2) is 0 Å². The molecule has 2 nitrogen and oxygen atoms in total. The number of hydrogen-bond acceptors (Lipinski definition) is 2. The lowest BCUT2D eigenvalue weighted by Gasteiger charge is -2.40. The minimum atomic E-state index is -0.263. The molecule has 2 unspecified atom stereocenters. The Hall–Kier alpha value is -1.83. The summed E-state index contributed by atoms with van der Waals surface area (Å²) >= 11 is 0. The molecule has 124 valence electrons. The van der Waals surface area contributed by atoms with Gasteiger partial charge in [0.2, 0.25) is 0 Å². The third kappa shape index (κ3) is 4.34. The Balaban J connectivity index is 1.98. The lowest BCUT2D eigenvalue weighted by atomic mass is 9.65. The van der Waals surface area contributed by atoms with Crippen LogP contribution in [0.1, 0.15) is 57.3 Å². The zero-order chi connectivity index (χ0) is 17.0. The first-order valence-corrected chi connectivity index (χ1v) is 8.41. The van der Waals surface area contributed by atoms with Crippen LogP contribution < -0.4 is 0 Å². The quantitative estimate of drug-likeness (QED) is 0.525. The summed E-state index contributed by atoms with van der Waals surface area (Å²) in [6, 6.07) is 9.14. The molecule has 0 N–H and O–H groups in total. The summed E-state index contributed by atoms with van der Waals surface area (Å²) in [6.07, 6.45) is 5.17. The average molecular weight is 312 g/mol. The van der Waals surface area contributed by atoms with Crippen molar-refractivity contribution in [2.45, 2.75) is 53.1 Å². The molecular weight excluding hydrogens is 284 g/mol. The van der Waals surface area contributed by atoms with E-state index in [2.05, 4.69) is 33.4 Å². The van der Waals surface area contributed by atoms with Gasteiger partial charge in [0.05, 0.1) is 5.56 Å². The Kier molecular flexibility index (Phi) is 5.46. The number of ether oxygens (including phenoxy) is 1. The Bertz CT molecular complexity index is 596. The summed E-state index contributed by atoms with van der Waals surface area (Å²) in [4.78, 5) is 12.1. The van der Waals surface area contributed by atoms with Gasteiger partial charge in [-0.3, -0.25) is 0 Å². The van der Waals surface area contributed by atoms with E-state index in [-0.39, 0.29) is 17.5 Å². The predicted octanol–water partition coefficient (Wildman–Crippen LogP) is 5.56. The maximum atomic E-state index is 12.1. The van der Waals surface area contributed by atoms with Crippen LogP contribution >= 0.6 is 0 Å². The van der Waals surface area contributed by atoms with Gasteiger partial charge in [-0.05, 0) is 44.2 Å². The highest BCUT2D eigenvalue weighted by Gasteiger charge is 2.35. The van der Waals surface area contributed by atoms with Crippen LogP contribution in [-0.4, -0.2) is 12.1 Å². The first-order chi connectivity index (χ1) is 10.8. The largest absolute Gasteiger partial charge is 0.459 e. The van der Waals surface area contributed by atoms with Crippen LogP contribution in [0.5, 0.6) is 0 Å². The van der Waals surface area contributed by atoms with E-state index < -0.39 is 0 Å². The molecule has 2 rings (SSSR count). The molecule has 0 bridgehead atoms. The van der Waals surface area contributed by atoms with Crippen molar-refractivity contribution in [1.82, 2.24) is 0 Å². The standard InChI is InChI=1S/C21H28O2/c1-15-10-9-13-21(4,5)19(15)16(2)14-17(3)23-20(22)18-11-7-6-8-12-18/h6-8,10-12,17,19H,2,9,13-14H2,1,3-5H3. The highest BCUT2D eigenvalue weighted by molar-refractivity contribution is 5.89. The van der Waals surface area contributed by atoms with E-state index in [1.807, 2.05) is 25.1 Å². The molecule has 1 aromatic carbocycles. The van der Waals surface area contributed by atoms with Crippen LogP contribution in [0.25, 0.3) is 0 Å². The van der Waals surface area contributed by atoms with Gasteiger partial charge in [0.25, 0.3) is 0 Å². The minimum absolute atomic E-state index is 0.166. The molecule has 1 aromatic rings. The van der Waals surface area contributed by atoms with Crippen LogP contribution in [0.4, 0.5) is 0 Å². The molecule has 0 heterocycles. The normalized spacial score (nSPS) is 21.2. The number of carbonyl (C=O) groups is 1. The van der Waals surface area contributed by atoms with E-state index in [4.69, 9.17) is 4.74 Å². The zero-order valence-electron chi connectivity index (χ0n) is 14.8. The maximum Gasteiger partial charge on any atom is 0.338 e. The van der Waals surface area contributed by atoms with Crippen molar-refractivity contribution >= 4 is 5.97 Å². The number of allylic oxidation sites excluding steroid dienone is 2. The molecule has 2 atom stereocenters. The van der Waals surface area contributed by atoms with Gasteiger partial charge >= 0.3 is 5.97 Å². The smallest absolute Gasteiger partial charge is 0.338 e. The zero-order valence-corrected chi connectivity index (χ0v) is 14.8. The van der Waals surface area contributed by atoms with Crippen LogP contribution in [0, 0.1) is 11.3 Å². The first-order valence-electron chi connectivity index (χ1n) is 8.41. The molecule has 0 fully saturated rings. The number of carbonyl (C=O) groups excluding carboxylic acids is 1. The van der Waals surface area contributed by atoms with Crippen LogP contribution in [0.2, 0.25) is 0 Å². The molecule has 1 aliphatic rings. The van der Waals surface area contributed by atoms with Crippen molar-refractivity contribution in [3.05, 3.63) is 59.7 Å². The second-order valence-electron chi connectivity index (χ2n) is 7.35. The highest BCUT2D eigenvalue weighted by Crippen LogP contribution is 2.45. The molecule has 1 aliphatic carbocycles. The molecule has 0 saturated carbocycles. The molecule has 0 aromatic heterocycles. The van der Waals surface area contributed by atoms with E-state index in [0.29, 0.717) is 17.9 Å². The van der Waals surface area contributed by atoms with E-state index >= 15 is 0 Å². The lowest BCUT2D eigenvalue weighted by molar-refractivity contribution is 0.0335. The van der Waals surface area contributed by atoms with E-state index in [1.54, 1.807) is 12.1 Å². The summed E-state index contributed by atoms with van der Waals surface area (Å²) in [5, 5.41) is 0. The topological polar surface area (TPSA) is 26.3 Å². The van der Waals surface area contributed by atoms with Gasteiger partial charge < -0.3 is 4.74 Å². The molecule has 0 radical (unpaired) electrons. The number of esters is 1. The van der Waals surface area contributed by atoms with Gasteiger partial charge in [-0.1, -0.05) is 55.8 Å². The predicted molar refractivity (Wildman–Crippen MR) is 95.3 cm³/mol. The van der Waals surface area contributed by atoms with Gasteiger partial charge in [-0.25, -0.2) is 4.79 Å². The van der Waals surface area contributed by atoms with Crippen molar-refractivity contribution in [3.8, 4) is 0 Å². The lowest BCUT2D eigenvalue weighted by Crippen LogP contribution is -2.30. The maximum absolute atomic E-state index is 12.1. The first kappa shape index (κ1) is 17.5. The summed E-state index contributed by atoms with van der Waals surface area (Å²) < 4.78 is 5.58. The summed E-state index contributed by atoms with van der Waals surface area (Å²) in [7, 11) is 0. The molecule has 0 aliphatic heterocycles. The van der Waals surface area contributed by atoms with Gasteiger partial charge in [0, 0.05) is 12.3 Å². The average Bonchev–Trinajstić information content (AvgIpc) is 2.46. The monoisotopic (exact) mass is 312 g/mol. The Labute approximate surface area is 140 Å². The van der Waals surface area contributed by atoms with Crippen molar-refractivity contribution < 1.29 is 9.53 Å². The fourth-order valence-corrected chi connectivity index (χ4v) is 3.78. The van der Waals surface area contributed by atoms with Gasteiger partial charge in [-0.15, -0.1) is 0 Å². The number of benzene rings is 1. The third-order valence-corrected chi connectivity index (χ3v) is 4.77. The van der Waals surface area contributed by atoms with Crippen molar-refractivity contribution in [2.24, 2.45) is 11.3 Å². The summed E-state index contributed by atoms with van der Waals surface area (Å²) in [5.74, 6) is 0.107. The van der Waals surface area contributed by atoms with Crippen LogP contribution in [0.3, 0.4) is 0 Å². The molecule has 23 heavy (non-hydrogen) atoms. The SMILES string of the molecule is C=C(CC(C)OC(=O)c1ccccc1)C1C(C)=CCCC1(C)C. The fraction of sp³-hybridized carbons (Fsp3) is 0.476. The second kappa shape index (κ2) is 7.16. The molecule has 0 amide bonds. The molecular formula is C21H28O2. The number of rotatable bonds is 5. The van der Waals surface area contributed by atoms with Gasteiger partial charge in [-0.2, -0.15) is 0 Å². The van der Waals surface area contributed by atoms with E-state index in [0.717, 1.165) is 12.0 Å². The fourth-order valence-electron chi connectivity index (χ4n) is 3.78. The van der Waals surface area contributed by atoms with Crippen molar-refractivity contribution in [3.63, 3.8) is 0 Å². The minimum Gasteiger partial charge on any atom is -0.459 e. The van der Waals surface area contributed by atoms with Crippen molar-refractivity contribution in [1.29, 1.82) is 0 Å². The number of hydrogen-bond donors (Lipinski definition) is 0. The van der Waals surface area contributed by atoms with Gasteiger partial charge in [0.1, 0.15) is 6.10 Å². The van der Waals surface area contributed by atoms with Crippen LogP contribution in [0.15, 0.2) is 54.1 Å².